The van der Waals surface area contributed by atoms with Gasteiger partial charge >= 0.3 is 0 Å². The van der Waals surface area contributed by atoms with Crippen LogP contribution < -0.4 is 19.1 Å². The Kier molecular flexibility index (Phi) is 7.15. The zero-order valence-corrected chi connectivity index (χ0v) is 17.7. The molecule has 9 heteroatoms. The minimum absolute atomic E-state index is 0.205. The lowest BCUT2D eigenvalue weighted by Gasteiger charge is -2.28. The fourth-order valence-electron chi connectivity index (χ4n) is 2.75. The van der Waals surface area contributed by atoms with E-state index in [1.165, 1.54) is 27.2 Å². The third kappa shape index (κ3) is 5.30. The molecule has 0 radical (unpaired) electrons. The summed E-state index contributed by atoms with van der Waals surface area (Å²) < 4.78 is 36.1. The van der Waals surface area contributed by atoms with E-state index in [1.807, 2.05) is 0 Å². The summed E-state index contributed by atoms with van der Waals surface area (Å²) in [5.74, 6) is 0.675. The third-order valence-corrected chi connectivity index (χ3v) is 5.54. The van der Waals surface area contributed by atoms with Crippen LogP contribution in [0.3, 0.4) is 0 Å². The van der Waals surface area contributed by atoms with E-state index in [4.69, 9.17) is 21.1 Å². The van der Waals surface area contributed by atoms with Crippen molar-refractivity contribution in [1.82, 2.24) is 5.32 Å². The Hall–Kier alpha value is -2.45. The van der Waals surface area contributed by atoms with Crippen LogP contribution in [0.15, 0.2) is 42.5 Å². The highest BCUT2D eigenvalue weighted by Crippen LogP contribution is 2.28. The predicted octanol–water partition coefficient (Wildman–Crippen LogP) is 2.83. The van der Waals surface area contributed by atoms with Gasteiger partial charge in [-0.05, 0) is 42.8 Å². The Labute approximate surface area is 170 Å². The van der Waals surface area contributed by atoms with E-state index in [2.05, 4.69) is 5.32 Å². The lowest BCUT2D eigenvalue weighted by Crippen LogP contribution is -2.47. The molecule has 2 rings (SSSR count). The van der Waals surface area contributed by atoms with Crippen molar-refractivity contribution in [2.24, 2.45) is 0 Å². The summed E-state index contributed by atoms with van der Waals surface area (Å²) in [7, 11) is -0.641. The average molecular weight is 427 g/mol. The molecule has 0 unspecified atom stereocenters. The van der Waals surface area contributed by atoms with E-state index in [0.29, 0.717) is 22.2 Å². The summed E-state index contributed by atoms with van der Waals surface area (Å²) in [6.45, 7) is 1.72. The van der Waals surface area contributed by atoms with Gasteiger partial charge in [0.05, 0.1) is 26.2 Å². The number of hydrogen-bond donors (Lipinski definition) is 1. The molecule has 0 fully saturated rings. The maximum Gasteiger partial charge on any atom is 0.243 e. The van der Waals surface area contributed by atoms with Crippen molar-refractivity contribution < 1.29 is 22.7 Å². The highest BCUT2D eigenvalue weighted by Gasteiger charge is 2.29. The molecule has 1 N–H and O–H groups in total. The number of rotatable bonds is 8. The minimum atomic E-state index is -3.70. The number of amides is 1. The highest BCUT2D eigenvalue weighted by molar-refractivity contribution is 7.92. The number of sulfonamides is 1. The van der Waals surface area contributed by atoms with Crippen LogP contribution in [-0.2, 0) is 21.4 Å². The molecular weight excluding hydrogens is 404 g/mol. The van der Waals surface area contributed by atoms with Gasteiger partial charge < -0.3 is 14.8 Å². The van der Waals surface area contributed by atoms with Crippen LogP contribution in [0.2, 0.25) is 5.02 Å². The molecular formula is C19H23ClN2O5S. The van der Waals surface area contributed by atoms with E-state index >= 15 is 0 Å². The van der Waals surface area contributed by atoms with Gasteiger partial charge in [-0.3, -0.25) is 9.10 Å². The Balaban J connectivity index is 2.18. The van der Waals surface area contributed by atoms with Gasteiger partial charge in [-0.25, -0.2) is 8.42 Å². The van der Waals surface area contributed by atoms with Gasteiger partial charge in [0.25, 0.3) is 0 Å². The Morgan fingerprint density at radius 2 is 1.82 bits per heavy atom. The standard InChI is InChI=1S/C19H23ClN2O5S/c1-13(22(28(4,24)25)16-7-5-6-15(20)11-16)19(23)21-12-14-8-9-17(26-2)18(10-14)27-3/h5-11,13H,12H2,1-4H3,(H,21,23)/t13-/m1/s1. The SMILES string of the molecule is COc1ccc(CNC(=O)[C@@H](C)N(c2cccc(Cl)c2)S(C)(=O)=O)cc1OC. The second kappa shape index (κ2) is 9.16. The first kappa shape index (κ1) is 21.8. The fraction of sp³-hybridized carbons (Fsp3) is 0.316. The number of hydrogen-bond acceptors (Lipinski definition) is 5. The number of nitrogens with zero attached hydrogens (tertiary/aromatic N) is 1. The average Bonchev–Trinajstić information content (AvgIpc) is 2.64. The second-order valence-electron chi connectivity index (χ2n) is 6.12. The molecule has 0 aliphatic rings. The number of ether oxygens (including phenoxy) is 2. The predicted molar refractivity (Wildman–Crippen MR) is 110 cm³/mol. The maximum absolute atomic E-state index is 12.6. The van der Waals surface area contributed by atoms with Gasteiger partial charge in [0.2, 0.25) is 15.9 Å². The van der Waals surface area contributed by atoms with Gasteiger partial charge in [-0.1, -0.05) is 23.7 Å². The molecule has 2 aromatic rings. The normalized spacial score (nSPS) is 12.2. The number of anilines is 1. The molecule has 152 valence electrons. The fourth-order valence-corrected chi connectivity index (χ4v) is 4.10. The number of benzene rings is 2. The number of halogens is 1. The molecule has 0 spiro atoms. The first-order valence-electron chi connectivity index (χ1n) is 8.41. The van der Waals surface area contributed by atoms with Crippen molar-refractivity contribution in [3.63, 3.8) is 0 Å². The van der Waals surface area contributed by atoms with E-state index in [0.717, 1.165) is 16.1 Å². The molecule has 7 nitrogen and oxygen atoms in total. The zero-order chi connectivity index (χ0) is 20.9. The van der Waals surface area contributed by atoms with Crippen LogP contribution in [0.25, 0.3) is 0 Å². The van der Waals surface area contributed by atoms with Gasteiger partial charge in [0.15, 0.2) is 11.5 Å². The van der Waals surface area contributed by atoms with Crippen molar-refractivity contribution in [1.29, 1.82) is 0 Å². The summed E-state index contributed by atoms with van der Waals surface area (Å²) in [5, 5.41) is 3.13. The summed E-state index contributed by atoms with van der Waals surface area (Å²) in [6, 6.07) is 10.7. The maximum atomic E-state index is 12.6. The summed E-state index contributed by atoms with van der Waals surface area (Å²) >= 11 is 5.97. The Bertz CT molecular complexity index is 949. The van der Waals surface area contributed by atoms with Crippen molar-refractivity contribution in [2.75, 3.05) is 24.8 Å². The van der Waals surface area contributed by atoms with E-state index in [-0.39, 0.29) is 6.54 Å². The molecule has 0 aliphatic carbocycles. The summed E-state index contributed by atoms with van der Waals surface area (Å²) in [6.07, 6.45) is 1.05. The number of carbonyl (C=O) groups excluding carboxylic acids is 1. The molecule has 2 aromatic carbocycles. The van der Waals surface area contributed by atoms with E-state index in [1.54, 1.807) is 36.4 Å². The lowest BCUT2D eigenvalue weighted by atomic mass is 10.2. The molecule has 0 aliphatic heterocycles. The van der Waals surface area contributed by atoms with Crippen molar-refractivity contribution in [3.8, 4) is 11.5 Å². The Morgan fingerprint density at radius 3 is 2.39 bits per heavy atom. The first-order chi connectivity index (χ1) is 13.2. The number of methoxy groups -OCH3 is 2. The van der Waals surface area contributed by atoms with Crippen LogP contribution in [0, 0.1) is 0 Å². The van der Waals surface area contributed by atoms with Crippen LogP contribution in [-0.4, -0.2) is 40.8 Å². The molecule has 0 aromatic heterocycles. The van der Waals surface area contributed by atoms with Crippen molar-refractivity contribution in [2.45, 2.75) is 19.5 Å². The van der Waals surface area contributed by atoms with Crippen LogP contribution in [0.4, 0.5) is 5.69 Å². The topological polar surface area (TPSA) is 84.9 Å². The number of carbonyl (C=O) groups is 1. The van der Waals surface area contributed by atoms with E-state index < -0.39 is 22.0 Å². The molecule has 28 heavy (non-hydrogen) atoms. The largest absolute Gasteiger partial charge is 0.493 e. The molecule has 0 saturated carbocycles. The second-order valence-corrected chi connectivity index (χ2v) is 8.42. The monoisotopic (exact) mass is 426 g/mol. The third-order valence-electron chi connectivity index (χ3n) is 4.07. The van der Waals surface area contributed by atoms with Crippen molar-refractivity contribution in [3.05, 3.63) is 53.1 Å². The van der Waals surface area contributed by atoms with Gasteiger partial charge in [-0.15, -0.1) is 0 Å². The quantitative estimate of drug-likeness (QED) is 0.701. The lowest BCUT2D eigenvalue weighted by molar-refractivity contribution is -0.122. The molecule has 0 bridgehead atoms. The van der Waals surface area contributed by atoms with Gasteiger partial charge in [0, 0.05) is 11.6 Å². The van der Waals surface area contributed by atoms with Crippen LogP contribution >= 0.6 is 11.6 Å². The minimum Gasteiger partial charge on any atom is -0.493 e. The van der Waals surface area contributed by atoms with Crippen molar-refractivity contribution >= 4 is 33.2 Å². The number of nitrogens with one attached hydrogen (secondary N) is 1. The van der Waals surface area contributed by atoms with E-state index in [9.17, 15) is 13.2 Å². The molecule has 0 saturated heterocycles. The molecule has 1 atom stereocenters. The summed E-state index contributed by atoms with van der Waals surface area (Å²) in [5.41, 5.74) is 1.11. The van der Waals surface area contributed by atoms with Gasteiger partial charge in [-0.2, -0.15) is 0 Å². The first-order valence-corrected chi connectivity index (χ1v) is 10.6. The van der Waals surface area contributed by atoms with Gasteiger partial charge in [0.1, 0.15) is 6.04 Å². The zero-order valence-electron chi connectivity index (χ0n) is 16.1. The molecule has 1 amide bonds. The smallest absolute Gasteiger partial charge is 0.243 e. The Morgan fingerprint density at radius 1 is 1.14 bits per heavy atom. The van der Waals surface area contributed by atoms with Crippen LogP contribution in [0.5, 0.6) is 11.5 Å². The van der Waals surface area contributed by atoms with Crippen LogP contribution in [0.1, 0.15) is 12.5 Å². The highest BCUT2D eigenvalue weighted by atomic mass is 35.5. The summed E-state index contributed by atoms with van der Waals surface area (Å²) in [4.78, 5) is 12.6. The molecule has 0 heterocycles.